The molecule has 19 heavy (non-hydrogen) atoms. The molecular formula is C12H15ClN2O4. The number of carbonyl (C=O) groups is 1. The van der Waals surface area contributed by atoms with Gasteiger partial charge in [-0.05, 0) is 25.5 Å². The molecule has 0 aliphatic heterocycles. The Hall–Kier alpha value is -1.66. The van der Waals surface area contributed by atoms with Crippen LogP contribution in [0.1, 0.15) is 23.7 Å². The van der Waals surface area contributed by atoms with Crippen molar-refractivity contribution in [2.24, 2.45) is 0 Å². The smallest absolute Gasteiger partial charge is 0.283 e. The van der Waals surface area contributed by atoms with Crippen molar-refractivity contribution in [3.05, 3.63) is 38.9 Å². The summed E-state index contributed by atoms with van der Waals surface area (Å²) in [6, 6.07) is 3.96. The molecule has 0 heterocycles. The van der Waals surface area contributed by atoms with Crippen LogP contribution in [0.4, 0.5) is 5.69 Å². The fourth-order valence-electron chi connectivity index (χ4n) is 1.46. The van der Waals surface area contributed by atoms with Crippen LogP contribution in [-0.2, 0) is 4.74 Å². The standard InChI is InChI=1S/C12H15ClN2O4/c1-2-19-7-3-6-14-12(16)10-5-4-9(13)8-11(10)15(17)18/h4-5,8H,2-3,6-7H2,1H3,(H,14,16). The summed E-state index contributed by atoms with van der Waals surface area (Å²) in [6.07, 6.45) is 0.654. The van der Waals surface area contributed by atoms with E-state index in [4.69, 9.17) is 16.3 Å². The van der Waals surface area contributed by atoms with Crippen LogP contribution in [0.3, 0.4) is 0 Å². The van der Waals surface area contributed by atoms with Gasteiger partial charge in [0, 0.05) is 30.8 Å². The molecule has 0 atom stereocenters. The number of benzene rings is 1. The number of halogens is 1. The predicted octanol–water partition coefficient (Wildman–Crippen LogP) is 2.40. The number of nitro benzene ring substituents is 1. The number of carbonyl (C=O) groups excluding carboxylic acids is 1. The fourth-order valence-corrected chi connectivity index (χ4v) is 1.63. The molecule has 0 unspecified atom stereocenters. The first kappa shape index (κ1) is 15.4. The predicted molar refractivity (Wildman–Crippen MR) is 71.5 cm³/mol. The van der Waals surface area contributed by atoms with Gasteiger partial charge in [-0.1, -0.05) is 11.6 Å². The lowest BCUT2D eigenvalue weighted by molar-refractivity contribution is -0.385. The lowest BCUT2D eigenvalue weighted by atomic mass is 10.1. The highest BCUT2D eigenvalue weighted by molar-refractivity contribution is 6.31. The van der Waals surface area contributed by atoms with E-state index < -0.39 is 10.8 Å². The van der Waals surface area contributed by atoms with E-state index in [-0.39, 0.29) is 16.3 Å². The van der Waals surface area contributed by atoms with Gasteiger partial charge < -0.3 is 10.1 Å². The number of ether oxygens (including phenoxy) is 1. The molecule has 0 radical (unpaired) electrons. The zero-order valence-electron chi connectivity index (χ0n) is 10.5. The van der Waals surface area contributed by atoms with Crippen LogP contribution in [0.2, 0.25) is 5.02 Å². The Morgan fingerprint density at radius 1 is 1.53 bits per heavy atom. The van der Waals surface area contributed by atoms with Crippen molar-refractivity contribution >= 4 is 23.2 Å². The molecular weight excluding hydrogens is 272 g/mol. The van der Waals surface area contributed by atoms with Crippen molar-refractivity contribution in [1.29, 1.82) is 0 Å². The van der Waals surface area contributed by atoms with Crippen LogP contribution in [0.5, 0.6) is 0 Å². The molecule has 0 saturated carbocycles. The van der Waals surface area contributed by atoms with Crippen LogP contribution in [0.15, 0.2) is 18.2 Å². The lowest BCUT2D eigenvalue weighted by Gasteiger charge is -2.06. The van der Waals surface area contributed by atoms with Crippen molar-refractivity contribution in [3.8, 4) is 0 Å². The van der Waals surface area contributed by atoms with E-state index in [1.807, 2.05) is 6.92 Å². The van der Waals surface area contributed by atoms with Crippen LogP contribution in [0, 0.1) is 10.1 Å². The molecule has 0 fully saturated rings. The first-order valence-corrected chi connectivity index (χ1v) is 6.24. The van der Waals surface area contributed by atoms with Gasteiger partial charge in [0.15, 0.2) is 0 Å². The Balaban J connectivity index is 2.64. The second-order valence-corrected chi connectivity index (χ2v) is 4.16. The SMILES string of the molecule is CCOCCCNC(=O)c1ccc(Cl)cc1[N+](=O)[O-]. The number of rotatable bonds is 7. The highest BCUT2D eigenvalue weighted by Crippen LogP contribution is 2.22. The lowest BCUT2D eigenvalue weighted by Crippen LogP contribution is -2.26. The van der Waals surface area contributed by atoms with Gasteiger partial charge in [-0.25, -0.2) is 0 Å². The van der Waals surface area contributed by atoms with E-state index in [1.54, 1.807) is 0 Å². The van der Waals surface area contributed by atoms with E-state index in [2.05, 4.69) is 5.32 Å². The van der Waals surface area contributed by atoms with Gasteiger partial charge in [0.1, 0.15) is 5.56 Å². The number of nitrogens with zero attached hydrogens (tertiary/aromatic N) is 1. The molecule has 0 spiro atoms. The Kier molecular flexibility index (Phi) is 6.24. The van der Waals surface area contributed by atoms with E-state index in [9.17, 15) is 14.9 Å². The molecule has 0 aliphatic carbocycles. The molecule has 6 nitrogen and oxygen atoms in total. The minimum atomic E-state index is -0.624. The summed E-state index contributed by atoms with van der Waals surface area (Å²) in [5, 5.41) is 13.7. The van der Waals surface area contributed by atoms with E-state index in [0.29, 0.717) is 26.2 Å². The molecule has 0 bridgehead atoms. The molecule has 104 valence electrons. The summed E-state index contributed by atoms with van der Waals surface area (Å²) in [6.45, 7) is 3.45. The highest BCUT2D eigenvalue weighted by atomic mass is 35.5. The second kappa shape index (κ2) is 7.70. The van der Waals surface area contributed by atoms with Crippen molar-refractivity contribution in [2.75, 3.05) is 19.8 Å². The fraction of sp³-hybridized carbons (Fsp3) is 0.417. The summed E-state index contributed by atoms with van der Waals surface area (Å²) in [5.74, 6) is -0.486. The van der Waals surface area contributed by atoms with E-state index >= 15 is 0 Å². The first-order chi connectivity index (χ1) is 9.06. The Morgan fingerprint density at radius 2 is 2.26 bits per heavy atom. The molecule has 1 rings (SSSR count). The number of nitro groups is 1. The molecule has 1 amide bonds. The topological polar surface area (TPSA) is 81.5 Å². The van der Waals surface area contributed by atoms with Crippen molar-refractivity contribution in [1.82, 2.24) is 5.32 Å². The van der Waals surface area contributed by atoms with Crippen molar-refractivity contribution in [2.45, 2.75) is 13.3 Å². The number of hydrogen-bond acceptors (Lipinski definition) is 4. The van der Waals surface area contributed by atoms with Gasteiger partial charge in [-0.15, -0.1) is 0 Å². The molecule has 0 saturated heterocycles. The summed E-state index contributed by atoms with van der Waals surface area (Å²) in [7, 11) is 0. The summed E-state index contributed by atoms with van der Waals surface area (Å²) < 4.78 is 5.12. The summed E-state index contributed by atoms with van der Waals surface area (Å²) in [5.41, 5.74) is -0.291. The number of nitrogens with one attached hydrogen (secondary N) is 1. The highest BCUT2D eigenvalue weighted by Gasteiger charge is 2.19. The first-order valence-electron chi connectivity index (χ1n) is 5.86. The Labute approximate surface area is 115 Å². The van der Waals surface area contributed by atoms with Crippen molar-refractivity contribution < 1.29 is 14.5 Å². The van der Waals surface area contributed by atoms with E-state index in [1.165, 1.54) is 12.1 Å². The average molecular weight is 287 g/mol. The Morgan fingerprint density at radius 3 is 2.89 bits per heavy atom. The largest absolute Gasteiger partial charge is 0.382 e. The number of amides is 1. The molecule has 0 aromatic heterocycles. The van der Waals surface area contributed by atoms with Gasteiger partial charge >= 0.3 is 0 Å². The molecule has 1 aromatic rings. The monoisotopic (exact) mass is 286 g/mol. The maximum Gasteiger partial charge on any atom is 0.283 e. The van der Waals surface area contributed by atoms with Crippen LogP contribution in [-0.4, -0.2) is 30.6 Å². The quantitative estimate of drug-likeness (QED) is 0.474. The molecule has 1 N–H and O–H groups in total. The summed E-state index contributed by atoms with van der Waals surface area (Å²) >= 11 is 5.67. The van der Waals surface area contributed by atoms with Crippen LogP contribution < -0.4 is 5.32 Å². The van der Waals surface area contributed by atoms with Gasteiger partial charge in [-0.2, -0.15) is 0 Å². The third-order valence-electron chi connectivity index (χ3n) is 2.36. The zero-order valence-corrected chi connectivity index (χ0v) is 11.3. The Bertz CT molecular complexity index is 465. The second-order valence-electron chi connectivity index (χ2n) is 3.72. The third kappa shape index (κ3) is 4.84. The number of hydrogen-bond donors (Lipinski definition) is 1. The molecule has 1 aromatic carbocycles. The van der Waals surface area contributed by atoms with Crippen LogP contribution >= 0.6 is 11.6 Å². The van der Waals surface area contributed by atoms with E-state index in [0.717, 1.165) is 6.07 Å². The zero-order chi connectivity index (χ0) is 14.3. The minimum Gasteiger partial charge on any atom is -0.382 e. The van der Waals surface area contributed by atoms with Crippen molar-refractivity contribution in [3.63, 3.8) is 0 Å². The normalized spacial score (nSPS) is 10.2. The molecule has 0 aliphatic rings. The summed E-state index contributed by atoms with van der Waals surface area (Å²) in [4.78, 5) is 22.0. The minimum absolute atomic E-state index is 0.00538. The maximum atomic E-state index is 11.8. The molecule has 7 heteroatoms. The third-order valence-corrected chi connectivity index (χ3v) is 2.59. The average Bonchev–Trinajstić information content (AvgIpc) is 2.38. The van der Waals surface area contributed by atoms with Crippen LogP contribution in [0.25, 0.3) is 0 Å². The van der Waals surface area contributed by atoms with Gasteiger partial charge in [-0.3, -0.25) is 14.9 Å². The van der Waals surface area contributed by atoms with Gasteiger partial charge in [0.25, 0.3) is 11.6 Å². The maximum absolute atomic E-state index is 11.8. The van der Waals surface area contributed by atoms with Gasteiger partial charge in [0.05, 0.1) is 4.92 Å². The van der Waals surface area contributed by atoms with Gasteiger partial charge in [0.2, 0.25) is 0 Å².